The van der Waals surface area contributed by atoms with Crippen LogP contribution >= 0.6 is 31.9 Å². The second-order valence-electron chi connectivity index (χ2n) is 9.99. The largest absolute Gasteiger partial charge is 0.497 e. The number of fused-ring (bicyclic) bond motifs is 5. The lowest BCUT2D eigenvalue weighted by Gasteiger charge is -2.34. The molecule has 2 nitrogen and oxygen atoms in total. The van der Waals surface area contributed by atoms with Crippen molar-refractivity contribution in [3.05, 3.63) is 140 Å². The molecule has 7 rings (SSSR count). The number of methoxy groups -OCH3 is 2. The molecule has 0 fully saturated rings. The Kier molecular flexibility index (Phi) is 5.80. The fourth-order valence-corrected chi connectivity index (χ4v) is 6.95. The maximum Gasteiger partial charge on any atom is 0.119 e. The summed E-state index contributed by atoms with van der Waals surface area (Å²) < 4.78 is 13.1. The first-order valence-corrected chi connectivity index (χ1v) is 14.4. The molecule has 4 heteroatoms. The predicted octanol–water partition coefficient (Wildman–Crippen LogP) is 9.90. The van der Waals surface area contributed by atoms with E-state index in [0.29, 0.717) is 0 Å². The van der Waals surface area contributed by atoms with Crippen LogP contribution < -0.4 is 9.47 Å². The Balaban J connectivity index is 1.60. The highest BCUT2D eigenvalue weighted by molar-refractivity contribution is 9.10. The fourth-order valence-electron chi connectivity index (χ4n) is 6.23. The molecule has 0 heterocycles. The molecule has 39 heavy (non-hydrogen) atoms. The molecular formula is C35H24Br2O2. The lowest BCUT2D eigenvalue weighted by molar-refractivity contribution is 0.415. The number of rotatable bonds is 4. The summed E-state index contributed by atoms with van der Waals surface area (Å²) in [5, 5.41) is 4.66. The zero-order valence-corrected chi connectivity index (χ0v) is 24.6. The van der Waals surface area contributed by atoms with Crippen LogP contribution in [-0.2, 0) is 5.41 Å². The maximum absolute atomic E-state index is 5.50. The van der Waals surface area contributed by atoms with Gasteiger partial charge in [-0.05, 0) is 116 Å². The van der Waals surface area contributed by atoms with Gasteiger partial charge in [-0.2, -0.15) is 0 Å². The Morgan fingerprint density at radius 2 is 0.872 bits per heavy atom. The third-order valence-corrected chi connectivity index (χ3v) is 9.01. The monoisotopic (exact) mass is 634 g/mol. The molecule has 0 saturated carbocycles. The SMILES string of the molecule is COc1ccc2cc(C3(c4ccc5cc(OC)ccc5c4)c4cc(Br)ccc4-c4ccc(Br)cc43)ccc2c1. The second kappa shape index (κ2) is 9.25. The van der Waals surface area contributed by atoms with E-state index in [1.807, 2.05) is 12.1 Å². The fraction of sp³-hybridized carbons (Fsp3) is 0.0857. The Labute approximate surface area is 244 Å². The maximum atomic E-state index is 5.50. The molecular weight excluding hydrogens is 612 g/mol. The van der Waals surface area contributed by atoms with Crippen molar-refractivity contribution in [2.75, 3.05) is 14.2 Å². The first-order chi connectivity index (χ1) is 19.0. The summed E-state index contributed by atoms with van der Waals surface area (Å²) in [7, 11) is 3.42. The van der Waals surface area contributed by atoms with Crippen LogP contribution in [0.3, 0.4) is 0 Å². The van der Waals surface area contributed by atoms with Crippen molar-refractivity contribution in [3.63, 3.8) is 0 Å². The Morgan fingerprint density at radius 1 is 0.462 bits per heavy atom. The van der Waals surface area contributed by atoms with E-state index >= 15 is 0 Å². The summed E-state index contributed by atoms with van der Waals surface area (Å²) >= 11 is 7.59. The normalized spacial score (nSPS) is 13.3. The second-order valence-corrected chi connectivity index (χ2v) is 11.8. The van der Waals surface area contributed by atoms with Crippen molar-refractivity contribution in [2.24, 2.45) is 0 Å². The van der Waals surface area contributed by atoms with E-state index in [9.17, 15) is 0 Å². The number of hydrogen-bond donors (Lipinski definition) is 0. The summed E-state index contributed by atoms with van der Waals surface area (Å²) in [5.74, 6) is 1.72. The van der Waals surface area contributed by atoms with E-state index in [2.05, 4.69) is 129 Å². The van der Waals surface area contributed by atoms with E-state index in [1.54, 1.807) is 14.2 Å². The van der Waals surface area contributed by atoms with E-state index in [4.69, 9.17) is 9.47 Å². The van der Waals surface area contributed by atoms with Crippen molar-refractivity contribution >= 4 is 53.4 Å². The van der Waals surface area contributed by atoms with Crippen LogP contribution in [0.25, 0.3) is 32.7 Å². The highest BCUT2D eigenvalue weighted by Gasteiger charge is 2.46. The van der Waals surface area contributed by atoms with Crippen molar-refractivity contribution in [1.82, 2.24) is 0 Å². The minimum absolute atomic E-state index is 0.513. The zero-order valence-electron chi connectivity index (χ0n) is 21.5. The smallest absolute Gasteiger partial charge is 0.119 e. The molecule has 1 aliphatic rings. The van der Waals surface area contributed by atoms with Gasteiger partial charge >= 0.3 is 0 Å². The van der Waals surface area contributed by atoms with Gasteiger partial charge in [0.25, 0.3) is 0 Å². The molecule has 6 aromatic carbocycles. The summed E-state index contributed by atoms with van der Waals surface area (Å²) in [6.07, 6.45) is 0. The topological polar surface area (TPSA) is 18.5 Å². The molecule has 0 aromatic heterocycles. The van der Waals surface area contributed by atoms with Crippen LogP contribution in [-0.4, -0.2) is 14.2 Å². The lowest BCUT2D eigenvalue weighted by atomic mass is 9.67. The molecule has 0 saturated heterocycles. The quantitative estimate of drug-likeness (QED) is 0.192. The highest BCUT2D eigenvalue weighted by Crippen LogP contribution is 2.57. The molecule has 0 N–H and O–H groups in total. The van der Waals surface area contributed by atoms with Crippen molar-refractivity contribution in [3.8, 4) is 22.6 Å². The molecule has 0 radical (unpaired) electrons. The molecule has 0 amide bonds. The first-order valence-electron chi connectivity index (χ1n) is 12.8. The first kappa shape index (κ1) is 24.4. The summed E-state index contributed by atoms with van der Waals surface area (Å²) in [6.45, 7) is 0. The molecule has 0 bridgehead atoms. The molecule has 0 spiro atoms. The van der Waals surface area contributed by atoms with E-state index in [0.717, 1.165) is 31.2 Å². The number of ether oxygens (including phenoxy) is 2. The van der Waals surface area contributed by atoms with Gasteiger partial charge in [-0.3, -0.25) is 0 Å². The van der Waals surface area contributed by atoms with Gasteiger partial charge in [0.15, 0.2) is 0 Å². The predicted molar refractivity (Wildman–Crippen MR) is 167 cm³/mol. The Morgan fingerprint density at radius 3 is 1.31 bits per heavy atom. The molecule has 1 aliphatic carbocycles. The molecule has 0 aliphatic heterocycles. The summed E-state index contributed by atoms with van der Waals surface area (Å²) in [4.78, 5) is 0. The molecule has 0 unspecified atom stereocenters. The Hall–Kier alpha value is -3.60. The van der Waals surface area contributed by atoms with Gasteiger partial charge in [0, 0.05) is 8.95 Å². The summed E-state index contributed by atoms with van der Waals surface area (Å²) in [5.41, 5.74) is 6.99. The minimum atomic E-state index is -0.513. The third kappa shape index (κ3) is 3.73. The van der Waals surface area contributed by atoms with Gasteiger partial charge in [0.05, 0.1) is 19.6 Å². The van der Waals surface area contributed by atoms with E-state index in [1.165, 1.54) is 44.2 Å². The minimum Gasteiger partial charge on any atom is -0.497 e. The van der Waals surface area contributed by atoms with Gasteiger partial charge in [0.1, 0.15) is 11.5 Å². The number of halogens is 2. The van der Waals surface area contributed by atoms with Crippen LogP contribution in [0.15, 0.2) is 118 Å². The molecule has 6 aromatic rings. The lowest BCUT2D eigenvalue weighted by Crippen LogP contribution is -2.28. The van der Waals surface area contributed by atoms with Gasteiger partial charge in [-0.1, -0.05) is 80.4 Å². The standard InChI is InChI=1S/C35H24Br2O2/c1-38-29-11-5-21-15-25(7-3-23(21)17-29)35(26-8-4-24-18-30(39-2)12-6-22(24)16-26)33-19-27(36)9-13-31(33)32-14-10-28(37)20-34(32)35/h3-20H,1-2H3. The summed E-state index contributed by atoms with van der Waals surface area (Å²) in [6, 6.07) is 39.6. The highest BCUT2D eigenvalue weighted by atomic mass is 79.9. The van der Waals surface area contributed by atoms with Gasteiger partial charge < -0.3 is 9.47 Å². The van der Waals surface area contributed by atoms with Crippen LogP contribution in [0, 0.1) is 0 Å². The van der Waals surface area contributed by atoms with Crippen molar-refractivity contribution < 1.29 is 9.47 Å². The van der Waals surface area contributed by atoms with Crippen LogP contribution in [0.2, 0.25) is 0 Å². The van der Waals surface area contributed by atoms with Crippen LogP contribution in [0.5, 0.6) is 11.5 Å². The van der Waals surface area contributed by atoms with Crippen molar-refractivity contribution in [1.29, 1.82) is 0 Å². The Bertz CT molecular complexity index is 1780. The van der Waals surface area contributed by atoms with E-state index in [-0.39, 0.29) is 0 Å². The van der Waals surface area contributed by atoms with E-state index < -0.39 is 5.41 Å². The number of benzene rings is 6. The van der Waals surface area contributed by atoms with Crippen LogP contribution in [0.4, 0.5) is 0 Å². The molecule has 190 valence electrons. The third-order valence-electron chi connectivity index (χ3n) is 8.02. The van der Waals surface area contributed by atoms with Crippen molar-refractivity contribution in [2.45, 2.75) is 5.41 Å². The van der Waals surface area contributed by atoms with Crippen LogP contribution in [0.1, 0.15) is 22.3 Å². The van der Waals surface area contributed by atoms with Gasteiger partial charge in [0.2, 0.25) is 0 Å². The molecule has 0 atom stereocenters. The average molecular weight is 636 g/mol. The number of hydrogen-bond acceptors (Lipinski definition) is 2. The zero-order chi connectivity index (χ0) is 26.7. The average Bonchev–Trinajstić information content (AvgIpc) is 3.25. The van der Waals surface area contributed by atoms with Gasteiger partial charge in [-0.25, -0.2) is 0 Å². The van der Waals surface area contributed by atoms with Gasteiger partial charge in [-0.15, -0.1) is 0 Å².